The van der Waals surface area contributed by atoms with E-state index in [2.05, 4.69) is 0 Å². The first-order chi connectivity index (χ1) is 4.20. The molecule has 0 aromatic heterocycles. The minimum Gasteiger partial charge on any atom is -0.290 e. The highest BCUT2D eigenvalue weighted by Gasteiger charge is 2.08. The Hall–Kier alpha value is -0.450. The van der Waals surface area contributed by atoms with Gasteiger partial charge in [-0.3, -0.25) is 9.59 Å². The van der Waals surface area contributed by atoms with Crippen LogP contribution in [-0.4, -0.2) is 11.6 Å². The van der Waals surface area contributed by atoms with Crippen LogP contribution in [0.15, 0.2) is 21.8 Å². The van der Waals surface area contributed by atoms with E-state index >= 15 is 0 Å². The average Bonchev–Trinajstić information content (AvgIpc) is 1.80. The lowest BCUT2D eigenvalue weighted by molar-refractivity contribution is -0.114. The second-order valence-electron chi connectivity index (χ2n) is 1.59. The zero-order chi connectivity index (χ0) is 6.85. The minimum atomic E-state index is -0.112. The van der Waals surface area contributed by atoms with Gasteiger partial charge in [0, 0.05) is 6.08 Å². The monoisotopic (exact) mass is 234 g/mol. The van der Waals surface area contributed by atoms with E-state index in [9.17, 15) is 9.59 Å². The number of ketones is 2. The molecule has 1 rings (SSSR count). The van der Waals surface area contributed by atoms with Gasteiger partial charge in [0.1, 0.15) is 0 Å². The van der Waals surface area contributed by atoms with Crippen LogP contribution in [0.4, 0.5) is 0 Å². The second kappa shape index (κ2) is 2.43. The molecule has 0 N–H and O–H groups in total. The summed E-state index contributed by atoms with van der Waals surface area (Å²) < 4.78 is 0.486. The molecule has 0 saturated carbocycles. The molecule has 0 aromatic carbocycles. The molecule has 0 saturated heterocycles. The first-order valence-electron chi connectivity index (χ1n) is 2.34. The zero-order valence-corrected chi connectivity index (χ0v) is 6.58. The Kier molecular flexibility index (Phi) is 1.80. The summed E-state index contributed by atoms with van der Waals surface area (Å²) in [7, 11) is 0. The van der Waals surface area contributed by atoms with Crippen LogP contribution in [-0.2, 0) is 9.59 Å². The Balaban J connectivity index is 2.95. The molecule has 0 aliphatic heterocycles. The molecule has 0 bridgehead atoms. The van der Waals surface area contributed by atoms with Gasteiger partial charge in [-0.1, -0.05) is 0 Å². The summed E-state index contributed by atoms with van der Waals surface area (Å²) in [5.41, 5.74) is 0. The van der Waals surface area contributed by atoms with Crippen molar-refractivity contribution in [3.63, 3.8) is 0 Å². The van der Waals surface area contributed by atoms with Crippen LogP contribution in [0.1, 0.15) is 0 Å². The van der Waals surface area contributed by atoms with Crippen molar-refractivity contribution in [2.24, 2.45) is 0 Å². The molecule has 0 fully saturated rings. The predicted molar refractivity (Wildman–Crippen MR) is 41.3 cm³/mol. The van der Waals surface area contributed by atoms with Gasteiger partial charge in [0.05, 0.1) is 3.58 Å². The predicted octanol–water partition coefficient (Wildman–Crippen LogP) is 1.01. The van der Waals surface area contributed by atoms with Crippen LogP contribution in [0.2, 0.25) is 0 Å². The number of carbonyl (C=O) groups excluding carboxylic acids is 2. The van der Waals surface area contributed by atoms with Crippen LogP contribution >= 0.6 is 22.6 Å². The Morgan fingerprint density at radius 2 is 1.89 bits per heavy atom. The van der Waals surface area contributed by atoms with Gasteiger partial charge in [-0.05, 0) is 34.7 Å². The number of hydrogen-bond acceptors (Lipinski definition) is 2. The number of halogens is 1. The average molecular weight is 234 g/mol. The van der Waals surface area contributed by atoms with E-state index in [0.29, 0.717) is 3.58 Å². The molecular formula is C6H3IO2. The van der Waals surface area contributed by atoms with Crippen molar-refractivity contribution in [2.45, 2.75) is 0 Å². The lowest BCUT2D eigenvalue weighted by Gasteiger charge is -1.95. The van der Waals surface area contributed by atoms with E-state index in [1.165, 1.54) is 18.2 Å². The maximum atomic E-state index is 10.6. The summed E-state index contributed by atoms with van der Waals surface area (Å²) >= 11 is 1.84. The third-order valence-corrected chi connectivity index (χ3v) is 1.75. The maximum absolute atomic E-state index is 10.6. The zero-order valence-electron chi connectivity index (χ0n) is 4.43. The second-order valence-corrected chi connectivity index (χ2v) is 2.75. The Labute approximate surface area is 65.8 Å². The van der Waals surface area contributed by atoms with Gasteiger partial charge in [0.15, 0.2) is 11.6 Å². The fourth-order valence-corrected chi connectivity index (χ4v) is 0.968. The first-order valence-corrected chi connectivity index (χ1v) is 3.41. The molecule has 1 aliphatic carbocycles. The minimum absolute atomic E-state index is 0.0878. The Morgan fingerprint density at radius 1 is 1.22 bits per heavy atom. The molecule has 0 heterocycles. The molecule has 0 aromatic rings. The summed E-state index contributed by atoms with van der Waals surface area (Å²) in [5.74, 6) is -0.200. The third-order valence-electron chi connectivity index (χ3n) is 0.903. The number of carbonyl (C=O) groups is 2. The highest BCUT2D eigenvalue weighted by molar-refractivity contribution is 14.1. The quantitative estimate of drug-likeness (QED) is 0.463. The van der Waals surface area contributed by atoms with Gasteiger partial charge in [-0.2, -0.15) is 0 Å². The summed E-state index contributed by atoms with van der Waals surface area (Å²) in [6, 6.07) is 0. The highest BCUT2D eigenvalue weighted by Crippen LogP contribution is 2.11. The van der Waals surface area contributed by atoms with Crippen molar-refractivity contribution < 1.29 is 9.59 Å². The van der Waals surface area contributed by atoms with Gasteiger partial charge in [-0.15, -0.1) is 0 Å². The number of hydrogen-bond donors (Lipinski definition) is 0. The van der Waals surface area contributed by atoms with Gasteiger partial charge in [-0.25, -0.2) is 0 Å². The van der Waals surface area contributed by atoms with Gasteiger partial charge in [0.25, 0.3) is 0 Å². The Morgan fingerprint density at radius 3 is 2.33 bits per heavy atom. The summed E-state index contributed by atoms with van der Waals surface area (Å²) in [4.78, 5) is 21.1. The van der Waals surface area contributed by atoms with Gasteiger partial charge >= 0.3 is 0 Å². The summed E-state index contributed by atoms with van der Waals surface area (Å²) in [6.07, 6.45) is 3.87. The lowest BCUT2D eigenvalue weighted by Crippen LogP contribution is -2.01. The topological polar surface area (TPSA) is 34.1 Å². The SMILES string of the molecule is O=C1C=CC(=O)C(I)=C1. The molecule has 0 amide bonds. The van der Waals surface area contributed by atoms with E-state index in [1.807, 2.05) is 22.6 Å². The molecule has 0 spiro atoms. The smallest absolute Gasteiger partial charge is 0.192 e. The van der Waals surface area contributed by atoms with Gasteiger partial charge in [0.2, 0.25) is 0 Å². The third kappa shape index (κ3) is 1.48. The normalized spacial score (nSPS) is 18.1. The standard InChI is InChI=1S/C6H3IO2/c7-5-3-4(8)1-2-6(5)9/h1-3H. The molecule has 0 atom stereocenters. The molecular weight excluding hydrogens is 231 g/mol. The lowest BCUT2D eigenvalue weighted by atomic mass is 10.2. The molecule has 9 heavy (non-hydrogen) atoms. The maximum Gasteiger partial charge on any atom is 0.192 e. The van der Waals surface area contributed by atoms with Crippen molar-refractivity contribution in [1.82, 2.24) is 0 Å². The van der Waals surface area contributed by atoms with E-state index < -0.39 is 0 Å². The molecule has 0 unspecified atom stereocenters. The van der Waals surface area contributed by atoms with Crippen molar-refractivity contribution in [3.8, 4) is 0 Å². The van der Waals surface area contributed by atoms with Crippen LogP contribution < -0.4 is 0 Å². The van der Waals surface area contributed by atoms with Gasteiger partial charge < -0.3 is 0 Å². The van der Waals surface area contributed by atoms with E-state index in [1.54, 1.807) is 0 Å². The fourth-order valence-electron chi connectivity index (χ4n) is 0.482. The number of allylic oxidation sites excluding steroid dienone is 4. The Bertz CT molecular complexity index is 225. The molecule has 2 nitrogen and oxygen atoms in total. The first kappa shape index (κ1) is 6.67. The van der Waals surface area contributed by atoms with Crippen LogP contribution in [0.3, 0.4) is 0 Å². The fraction of sp³-hybridized carbons (Fsp3) is 0. The molecule has 0 radical (unpaired) electrons. The van der Waals surface area contributed by atoms with Crippen molar-refractivity contribution in [2.75, 3.05) is 0 Å². The summed E-state index contributed by atoms with van der Waals surface area (Å²) in [6.45, 7) is 0. The van der Waals surface area contributed by atoms with Crippen LogP contribution in [0.25, 0.3) is 0 Å². The van der Waals surface area contributed by atoms with E-state index in [4.69, 9.17) is 0 Å². The van der Waals surface area contributed by atoms with Crippen LogP contribution in [0, 0.1) is 0 Å². The van der Waals surface area contributed by atoms with E-state index in [0.717, 1.165) is 0 Å². The summed E-state index contributed by atoms with van der Waals surface area (Å²) in [5, 5.41) is 0. The van der Waals surface area contributed by atoms with Crippen molar-refractivity contribution in [3.05, 3.63) is 21.8 Å². The molecule has 46 valence electrons. The van der Waals surface area contributed by atoms with Crippen LogP contribution in [0.5, 0.6) is 0 Å². The van der Waals surface area contributed by atoms with E-state index in [-0.39, 0.29) is 11.6 Å². The van der Waals surface area contributed by atoms with Crippen molar-refractivity contribution in [1.29, 1.82) is 0 Å². The molecule has 1 aliphatic rings. The molecule has 3 heteroatoms. The van der Waals surface area contributed by atoms with Crippen molar-refractivity contribution >= 4 is 34.2 Å². The number of rotatable bonds is 0. The largest absolute Gasteiger partial charge is 0.290 e. The highest BCUT2D eigenvalue weighted by atomic mass is 127.